The Bertz CT molecular complexity index is 766. The number of benzene rings is 1. The molecule has 3 rings (SSSR count). The first-order chi connectivity index (χ1) is 13.0. The first-order valence-electron chi connectivity index (χ1n) is 9.26. The van der Waals surface area contributed by atoms with Gasteiger partial charge >= 0.3 is 0 Å². The molecule has 27 heavy (non-hydrogen) atoms. The largest absolute Gasteiger partial charge is 0.353 e. The van der Waals surface area contributed by atoms with Crippen LogP contribution in [-0.4, -0.2) is 75.4 Å². The lowest BCUT2D eigenvalue weighted by Gasteiger charge is -2.34. The summed E-state index contributed by atoms with van der Waals surface area (Å²) in [5.74, 6) is -0.0887. The molecule has 1 aromatic carbocycles. The molecule has 0 radical (unpaired) electrons. The smallest absolute Gasteiger partial charge is 0.276 e. The number of carbonyl (C=O) groups excluding carboxylic acids is 2. The van der Waals surface area contributed by atoms with Crippen molar-refractivity contribution in [3.05, 3.63) is 47.8 Å². The van der Waals surface area contributed by atoms with E-state index in [1.807, 2.05) is 44.2 Å². The van der Waals surface area contributed by atoms with E-state index in [9.17, 15) is 9.59 Å². The minimum Gasteiger partial charge on any atom is -0.353 e. The minimum absolute atomic E-state index is 0.0219. The number of hydrogen-bond acceptors (Lipinski definition) is 5. The van der Waals surface area contributed by atoms with Crippen LogP contribution in [0.5, 0.6) is 0 Å². The lowest BCUT2D eigenvalue weighted by molar-refractivity contribution is -0.123. The maximum Gasteiger partial charge on any atom is 0.276 e. The van der Waals surface area contributed by atoms with Crippen molar-refractivity contribution >= 4 is 11.8 Å². The van der Waals surface area contributed by atoms with Crippen molar-refractivity contribution in [2.75, 3.05) is 32.7 Å². The molecule has 2 heterocycles. The van der Waals surface area contributed by atoms with Gasteiger partial charge in [0, 0.05) is 32.2 Å². The third-order valence-corrected chi connectivity index (χ3v) is 4.42. The lowest BCUT2D eigenvalue weighted by atomic mass is 10.2. The van der Waals surface area contributed by atoms with Crippen LogP contribution in [0.25, 0.3) is 0 Å². The van der Waals surface area contributed by atoms with Gasteiger partial charge in [0.25, 0.3) is 5.91 Å². The second-order valence-corrected chi connectivity index (χ2v) is 7.08. The van der Waals surface area contributed by atoms with Crippen molar-refractivity contribution in [1.29, 1.82) is 0 Å². The molecule has 2 amide bonds. The summed E-state index contributed by atoms with van der Waals surface area (Å²) in [6.45, 7) is 7.36. The number of aromatic nitrogens is 3. The Morgan fingerprint density at radius 1 is 1.11 bits per heavy atom. The third-order valence-electron chi connectivity index (χ3n) is 4.42. The second kappa shape index (κ2) is 8.77. The van der Waals surface area contributed by atoms with Gasteiger partial charge in [-0.15, -0.1) is 5.10 Å². The first-order valence-corrected chi connectivity index (χ1v) is 9.26. The van der Waals surface area contributed by atoms with Crippen LogP contribution in [0.1, 0.15) is 29.9 Å². The summed E-state index contributed by atoms with van der Waals surface area (Å²) in [4.78, 5) is 28.3. The Labute approximate surface area is 159 Å². The summed E-state index contributed by atoms with van der Waals surface area (Å²) in [6, 6.07) is 10.1. The maximum absolute atomic E-state index is 12.7. The average Bonchev–Trinajstić information content (AvgIpc) is 3.10. The number of amides is 2. The summed E-state index contributed by atoms with van der Waals surface area (Å²) in [5.41, 5.74) is 1.46. The summed E-state index contributed by atoms with van der Waals surface area (Å²) in [5, 5.41) is 11.0. The fraction of sp³-hybridized carbons (Fsp3) is 0.474. The van der Waals surface area contributed by atoms with Gasteiger partial charge in [-0.25, -0.2) is 4.68 Å². The molecular weight excluding hydrogens is 344 g/mol. The Balaban J connectivity index is 1.50. The van der Waals surface area contributed by atoms with E-state index in [0.29, 0.717) is 45.0 Å². The SMILES string of the molecule is CC(C)NC(=O)CN1CCN(C(=O)c2cn(Cc3ccccc3)nn2)CC1. The second-order valence-electron chi connectivity index (χ2n) is 7.08. The van der Waals surface area contributed by atoms with Crippen molar-refractivity contribution < 1.29 is 9.59 Å². The van der Waals surface area contributed by atoms with Gasteiger partial charge in [-0.05, 0) is 19.4 Å². The molecule has 1 N–H and O–H groups in total. The number of nitrogens with zero attached hydrogens (tertiary/aromatic N) is 5. The summed E-state index contributed by atoms with van der Waals surface area (Å²) in [6.07, 6.45) is 1.69. The van der Waals surface area contributed by atoms with Gasteiger partial charge in [-0.2, -0.15) is 0 Å². The molecule has 0 unspecified atom stereocenters. The van der Waals surface area contributed by atoms with E-state index in [4.69, 9.17) is 0 Å². The highest BCUT2D eigenvalue weighted by atomic mass is 16.2. The molecule has 8 nitrogen and oxygen atoms in total. The van der Waals surface area contributed by atoms with E-state index in [0.717, 1.165) is 5.56 Å². The van der Waals surface area contributed by atoms with Gasteiger partial charge in [0.05, 0.1) is 19.3 Å². The zero-order valence-corrected chi connectivity index (χ0v) is 15.8. The normalized spacial score (nSPS) is 15.1. The van der Waals surface area contributed by atoms with E-state index in [2.05, 4.69) is 20.5 Å². The standard InChI is InChI=1S/C19H26N6O2/c1-15(2)20-18(26)14-23-8-10-24(11-9-23)19(27)17-13-25(22-21-17)12-16-6-4-3-5-7-16/h3-7,13,15H,8-12,14H2,1-2H3,(H,20,26). The zero-order chi connectivity index (χ0) is 19.2. The van der Waals surface area contributed by atoms with E-state index >= 15 is 0 Å². The maximum atomic E-state index is 12.7. The molecule has 1 aromatic heterocycles. The van der Waals surface area contributed by atoms with Crippen LogP contribution in [-0.2, 0) is 11.3 Å². The van der Waals surface area contributed by atoms with Crippen LogP contribution in [0, 0.1) is 0 Å². The Morgan fingerprint density at radius 3 is 2.48 bits per heavy atom. The Hall–Kier alpha value is -2.74. The molecule has 144 valence electrons. The van der Waals surface area contributed by atoms with Crippen LogP contribution in [0.2, 0.25) is 0 Å². The summed E-state index contributed by atoms with van der Waals surface area (Å²) in [7, 11) is 0. The molecule has 1 fully saturated rings. The zero-order valence-electron chi connectivity index (χ0n) is 15.8. The quantitative estimate of drug-likeness (QED) is 0.806. The van der Waals surface area contributed by atoms with E-state index in [1.54, 1.807) is 15.8 Å². The molecular formula is C19H26N6O2. The van der Waals surface area contributed by atoms with E-state index in [1.165, 1.54) is 0 Å². The predicted molar refractivity (Wildman–Crippen MR) is 101 cm³/mol. The van der Waals surface area contributed by atoms with Gasteiger partial charge in [0.2, 0.25) is 5.91 Å². The first kappa shape index (κ1) is 19.0. The van der Waals surface area contributed by atoms with Gasteiger partial charge in [-0.1, -0.05) is 35.5 Å². The summed E-state index contributed by atoms with van der Waals surface area (Å²) < 4.78 is 1.68. The monoisotopic (exact) mass is 370 g/mol. The topological polar surface area (TPSA) is 83.4 Å². The van der Waals surface area contributed by atoms with Crippen molar-refractivity contribution in [3.8, 4) is 0 Å². The fourth-order valence-electron chi connectivity index (χ4n) is 3.09. The number of piperazine rings is 1. The number of nitrogens with one attached hydrogen (secondary N) is 1. The molecule has 1 saturated heterocycles. The molecule has 1 aliphatic heterocycles. The van der Waals surface area contributed by atoms with Crippen molar-refractivity contribution in [2.45, 2.75) is 26.4 Å². The van der Waals surface area contributed by atoms with Crippen molar-refractivity contribution in [3.63, 3.8) is 0 Å². The highest BCUT2D eigenvalue weighted by Gasteiger charge is 2.25. The number of carbonyl (C=O) groups is 2. The fourth-order valence-corrected chi connectivity index (χ4v) is 3.09. The van der Waals surface area contributed by atoms with Crippen LogP contribution in [0.15, 0.2) is 36.5 Å². The van der Waals surface area contributed by atoms with Gasteiger partial charge in [-0.3, -0.25) is 14.5 Å². The molecule has 0 atom stereocenters. The number of rotatable bonds is 6. The van der Waals surface area contributed by atoms with E-state index < -0.39 is 0 Å². The molecule has 0 bridgehead atoms. The van der Waals surface area contributed by atoms with Crippen LogP contribution >= 0.6 is 0 Å². The van der Waals surface area contributed by atoms with Gasteiger partial charge in [0.1, 0.15) is 0 Å². The molecule has 0 spiro atoms. The highest BCUT2D eigenvalue weighted by molar-refractivity contribution is 5.92. The highest BCUT2D eigenvalue weighted by Crippen LogP contribution is 2.08. The van der Waals surface area contributed by atoms with E-state index in [-0.39, 0.29) is 17.9 Å². The summed E-state index contributed by atoms with van der Waals surface area (Å²) >= 11 is 0. The van der Waals surface area contributed by atoms with Crippen LogP contribution in [0.3, 0.4) is 0 Å². The average molecular weight is 370 g/mol. The Morgan fingerprint density at radius 2 is 1.81 bits per heavy atom. The molecule has 1 aliphatic rings. The molecule has 0 saturated carbocycles. The predicted octanol–water partition coefficient (Wildman–Crippen LogP) is 0.609. The van der Waals surface area contributed by atoms with Gasteiger partial charge in [0.15, 0.2) is 5.69 Å². The van der Waals surface area contributed by atoms with Crippen LogP contribution < -0.4 is 5.32 Å². The number of hydrogen-bond donors (Lipinski definition) is 1. The molecule has 2 aromatic rings. The third kappa shape index (κ3) is 5.37. The molecule has 0 aliphatic carbocycles. The van der Waals surface area contributed by atoms with Gasteiger partial charge < -0.3 is 10.2 Å². The van der Waals surface area contributed by atoms with Crippen molar-refractivity contribution in [1.82, 2.24) is 30.1 Å². The molecule has 8 heteroatoms. The lowest BCUT2D eigenvalue weighted by Crippen LogP contribution is -2.51. The Kier molecular flexibility index (Phi) is 6.18. The van der Waals surface area contributed by atoms with Crippen molar-refractivity contribution in [2.24, 2.45) is 0 Å². The minimum atomic E-state index is -0.111. The van der Waals surface area contributed by atoms with Crippen LogP contribution in [0.4, 0.5) is 0 Å².